The number of hydrogen-bond acceptors (Lipinski definition) is 4. The van der Waals surface area contributed by atoms with Crippen molar-refractivity contribution in [2.75, 3.05) is 6.61 Å². The first-order chi connectivity index (χ1) is 10.5. The van der Waals surface area contributed by atoms with Gasteiger partial charge in [-0.3, -0.25) is 4.79 Å². The van der Waals surface area contributed by atoms with Crippen molar-refractivity contribution < 1.29 is 19.1 Å². The highest BCUT2D eigenvalue weighted by molar-refractivity contribution is 5.95. The first-order valence-electron chi connectivity index (χ1n) is 8.68. The van der Waals surface area contributed by atoms with Crippen LogP contribution in [0.25, 0.3) is 0 Å². The van der Waals surface area contributed by atoms with E-state index in [4.69, 9.17) is 9.47 Å². The van der Waals surface area contributed by atoms with Crippen LogP contribution in [0.1, 0.15) is 60.8 Å². The van der Waals surface area contributed by atoms with Crippen LogP contribution >= 0.6 is 0 Å². The third-order valence-electron chi connectivity index (χ3n) is 5.06. The molecule has 0 radical (unpaired) electrons. The topological polar surface area (TPSA) is 67.9 Å². The van der Waals surface area contributed by atoms with Crippen LogP contribution in [0.15, 0.2) is 0 Å². The fourth-order valence-corrected chi connectivity index (χ4v) is 3.44. The maximum Gasteiger partial charge on any atom is 0.408 e. The molecule has 1 aliphatic heterocycles. The highest BCUT2D eigenvalue weighted by Gasteiger charge is 2.50. The number of carbonyl (C=O) groups is 2. The maximum atomic E-state index is 12.7. The molecular weight excluding hydrogens is 294 g/mol. The van der Waals surface area contributed by atoms with Crippen LogP contribution in [0.3, 0.4) is 0 Å². The Morgan fingerprint density at radius 1 is 1.26 bits per heavy atom. The van der Waals surface area contributed by atoms with Crippen molar-refractivity contribution in [2.45, 2.75) is 78.0 Å². The Morgan fingerprint density at radius 2 is 1.78 bits per heavy atom. The molecule has 0 aromatic carbocycles. The molecular formula is C18H31NO4. The quantitative estimate of drug-likeness (QED) is 0.787. The summed E-state index contributed by atoms with van der Waals surface area (Å²) < 4.78 is 10.6. The Bertz CT molecular complexity index is 454. The van der Waals surface area contributed by atoms with E-state index in [1.54, 1.807) is 6.92 Å². The van der Waals surface area contributed by atoms with Crippen molar-refractivity contribution in [1.82, 2.24) is 5.32 Å². The number of ketones is 1. The van der Waals surface area contributed by atoms with Gasteiger partial charge in [-0.2, -0.15) is 0 Å². The van der Waals surface area contributed by atoms with Crippen LogP contribution < -0.4 is 5.32 Å². The van der Waals surface area contributed by atoms with Crippen LogP contribution in [0.2, 0.25) is 0 Å². The van der Waals surface area contributed by atoms with Gasteiger partial charge in [-0.1, -0.05) is 13.8 Å². The molecule has 1 unspecified atom stereocenters. The minimum absolute atomic E-state index is 0.0319. The van der Waals surface area contributed by atoms with E-state index in [0.717, 1.165) is 12.8 Å². The standard InChI is InChI=1S/C18H31NO4/c1-11-7-13(8-12(11)2)9-14(15(20)18(6)10-22-18)19-16(21)23-17(3,4)5/h11-14H,7-10H2,1-6H3,(H,19,21)/t11-,12+,13?,14-,18+/m0/s1. The molecule has 5 heteroatoms. The van der Waals surface area contributed by atoms with E-state index in [1.807, 2.05) is 20.8 Å². The second kappa shape index (κ2) is 6.42. The van der Waals surface area contributed by atoms with Crippen molar-refractivity contribution >= 4 is 11.9 Å². The predicted octanol–water partition coefficient (Wildman–Crippen LogP) is 3.31. The summed E-state index contributed by atoms with van der Waals surface area (Å²) in [6.45, 7) is 12.2. The van der Waals surface area contributed by atoms with Gasteiger partial charge in [-0.25, -0.2) is 4.79 Å². The summed E-state index contributed by atoms with van der Waals surface area (Å²) in [4.78, 5) is 24.8. The maximum absolute atomic E-state index is 12.7. The van der Waals surface area contributed by atoms with Crippen LogP contribution in [0.5, 0.6) is 0 Å². The number of ether oxygens (including phenoxy) is 2. The van der Waals surface area contributed by atoms with Crippen molar-refractivity contribution in [1.29, 1.82) is 0 Å². The number of epoxide rings is 1. The van der Waals surface area contributed by atoms with E-state index < -0.39 is 23.3 Å². The minimum atomic E-state index is -0.727. The average molecular weight is 325 g/mol. The minimum Gasteiger partial charge on any atom is -0.444 e. The molecule has 1 aliphatic carbocycles. The van der Waals surface area contributed by atoms with Gasteiger partial charge in [0.15, 0.2) is 5.78 Å². The zero-order valence-corrected chi connectivity index (χ0v) is 15.3. The van der Waals surface area contributed by atoms with Gasteiger partial charge in [0.1, 0.15) is 11.2 Å². The average Bonchev–Trinajstić information content (AvgIpc) is 3.05. The summed E-state index contributed by atoms with van der Waals surface area (Å²) in [6.07, 6.45) is 2.36. The zero-order chi connectivity index (χ0) is 17.4. The molecule has 132 valence electrons. The molecule has 2 fully saturated rings. The Hall–Kier alpha value is -1.10. The Kier molecular flexibility index (Phi) is 5.09. The molecule has 5 nitrogen and oxygen atoms in total. The van der Waals surface area contributed by atoms with Crippen molar-refractivity contribution in [2.24, 2.45) is 17.8 Å². The highest BCUT2D eigenvalue weighted by atomic mass is 16.6. The number of hydrogen-bond donors (Lipinski definition) is 1. The first-order valence-corrected chi connectivity index (χ1v) is 8.68. The Balaban J connectivity index is 2.00. The molecule has 0 aromatic rings. The van der Waals surface area contributed by atoms with Crippen molar-refractivity contribution in [3.8, 4) is 0 Å². The van der Waals surface area contributed by atoms with Gasteiger partial charge in [0.2, 0.25) is 0 Å². The van der Waals surface area contributed by atoms with Gasteiger partial charge in [-0.05, 0) is 64.7 Å². The number of amides is 1. The molecule has 1 heterocycles. The molecule has 0 aromatic heterocycles. The van der Waals surface area contributed by atoms with Crippen LogP contribution in [-0.2, 0) is 14.3 Å². The zero-order valence-electron chi connectivity index (χ0n) is 15.3. The second-order valence-electron chi connectivity index (χ2n) is 8.61. The number of Topliss-reactive ketones (excluding diaryl/α,β-unsaturated/α-hetero) is 1. The fraction of sp³-hybridized carbons (Fsp3) is 0.889. The lowest BCUT2D eigenvalue weighted by atomic mass is 9.90. The molecule has 1 amide bonds. The molecule has 2 aliphatic rings. The third kappa shape index (κ3) is 4.93. The van der Waals surface area contributed by atoms with Crippen molar-refractivity contribution in [3.63, 3.8) is 0 Å². The smallest absolute Gasteiger partial charge is 0.408 e. The summed E-state index contributed by atoms with van der Waals surface area (Å²) in [7, 11) is 0. The van der Waals surface area contributed by atoms with Gasteiger partial charge in [-0.15, -0.1) is 0 Å². The van der Waals surface area contributed by atoms with Crippen LogP contribution in [-0.4, -0.2) is 35.7 Å². The molecule has 1 N–H and O–H groups in total. The normalized spacial score (nSPS) is 34.8. The van der Waals surface area contributed by atoms with E-state index >= 15 is 0 Å². The largest absolute Gasteiger partial charge is 0.444 e. The van der Waals surface area contributed by atoms with Gasteiger partial charge in [0.25, 0.3) is 0 Å². The lowest BCUT2D eigenvalue weighted by molar-refractivity contribution is -0.126. The van der Waals surface area contributed by atoms with E-state index in [9.17, 15) is 9.59 Å². The molecule has 0 spiro atoms. The van der Waals surface area contributed by atoms with E-state index in [0.29, 0.717) is 30.8 Å². The number of alkyl carbamates (subject to hydrolysis) is 1. The summed E-state index contributed by atoms with van der Waals surface area (Å²) in [6, 6.07) is -0.528. The van der Waals surface area contributed by atoms with E-state index in [2.05, 4.69) is 19.2 Å². The van der Waals surface area contributed by atoms with Gasteiger partial charge >= 0.3 is 6.09 Å². The molecule has 2 rings (SSSR count). The second-order valence-corrected chi connectivity index (χ2v) is 8.61. The van der Waals surface area contributed by atoms with Gasteiger partial charge < -0.3 is 14.8 Å². The van der Waals surface area contributed by atoms with Crippen LogP contribution in [0, 0.1) is 17.8 Å². The molecule has 23 heavy (non-hydrogen) atoms. The van der Waals surface area contributed by atoms with Crippen LogP contribution in [0.4, 0.5) is 4.79 Å². The number of nitrogens with one attached hydrogen (secondary N) is 1. The number of rotatable bonds is 5. The predicted molar refractivity (Wildman–Crippen MR) is 88.2 cm³/mol. The Morgan fingerprint density at radius 3 is 2.22 bits per heavy atom. The summed E-state index contributed by atoms with van der Waals surface area (Å²) in [5.74, 6) is 1.77. The summed E-state index contributed by atoms with van der Waals surface area (Å²) in [5, 5.41) is 2.79. The summed E-state index contributed by atoms with van der Waals surface area (Å²) >= 11 is 0. The van der Waals surface area contributed by atoms with Crippen molar-refractivity contribution in [3.05, 3.63) is 0 Å². The first kappa shape index (κ1) is 18.2. The third-order valence-corrected chi connectivity index (χ3v) is 5.06. The van der Waals surface area contributed by atoms with E-state index in [1.165, 1.54) is 0 Å². The molecule has 1 saturated carbocycles. The monoisotopic (exact) mass is 325 g/mol. The lowest BCUT2D eigenvalue weighted by Gasteiger charge is -2.25. The number of carbonyl (C=O) groups excluding carboxylic acids is 2. The van der Waals surface area contributed by atoms with Gasteiger partial charge in [0, 0.05) is 0 Å². The van der Waals surface area contributed by atoms with E-state index in [-0.39, 0.29) is 5.78 Å². The highest BCUT2D eigenvalue weighted by Crippen LogP contribution is 2.39. The lowest BCUT2D eigenvalue weighted by Crippen LogP contribution is -2.48. The van der Waals surface area contributed by atoms with Gasteiger partial charge in [0.05, 0.1) is 12.6 Å². The SMILES string of the molecule is C[C@@H]1CC(C[C@H](NC(=O)OC(C)(C)C)C(=O)[C@@]2(C)CO2)C[C@@H]1C. The molecule has 1 saturated heterocycles. The Labute approximate surface area is 139 Å². The summed E-state index contributed by atoms with van der Waals surface area (Å²) in [5.41, 5.74) is -1.30. The molecule has 0 bridgehead atoms. The molecule has 5 atom stereocenters. The fourth-order valence-electron chi connectivity index (χ4n) is 3.44.